The maximum absolute atomic E-state index is 13.2. The summed E-state index contributed by atoms with van der Waals surface area (Å²) in [6.45, 7) is 0.234. The molecule has 2 aromatic carbocycles. The number of nitriles is 1. The minimum atomic E-state index is -0.374. The lowest BCUT2D eigenvalue weighted by Crippen LogP contribution is -2.30. The molecular formula is C22H22FN5O3. The lowest BCUT2D eigenvalue weighted by atomic mass is 10.1. The fourth-order valence-corrected chi connectivity index (χ4v) is 2.97. The van der Waals surface area contributed by atoms with Crippen LogP contribution in [-0.2, 0) is 11.2 Å². The molecule has 0 spiro atoms. The fourth-order valence-electron chi connectivity index (χ4n) is 2.97. The van der Waals surface area contributed by atoms with E-state index >= 15 is 0 Å². The highest BCUT2D eigenvalue weighted by atomic mass is 19.1. The second kappa shape index (κ2) is 10.1. The quantitative estimate of drug-likeness (QED) is 0.511. The van der Waals surface area contributed by atoms with Gasteiger partial charge < -0.3 is 20.5 Å². The Labute approximate surface area is 179 Å². The van der Waals surface area contributed by atoms with Crippen LogP contribution in [0.1, 0.15) is 17.7 Å². The van der Waals surface area contributed by atoms with Crippen molar-refractivity contribution in [3.8, 4) is 23.3 Å². The van der Waals surface area contributed by atoms with Crippen LogP contribution in [0.5, 0.6) is 11.5 Å². The molecule has 0 fully saturated rings. The van der Waals surface area contributed by atoms with Crippen molar-refractivity contribution in [2.45, 2.75) is 12.8 Å². The zero-order chi connectivity index (χ0) is 22.2. The van der Waals surface area contributed by atoms with E-state index in [0.29, 0.717) is 42.3 Å². The lowest BCUT2D eigenvalue weighted by molar-refractivity contribution is -0.123. The molecular weight excluding hydrogens is 401 g/mol. The number of ether oxygens (including phenoxy) is 2. The van der Waals surface area contributed by atoms with Gasteiger partial charge in [0, 0.05) is 6.54 Å². The van der Waals surface area contributed by atoms with Gasteiger partial charge in [-0.25, -0.2) is 9.07 Å². The number of anilines is 1. The van der Waals surface area contributed by atoms with Crippen LogP contribution in [0, 0.1) is 17.1 Å². The highest BCUT2D eigenvalue weighted by molar-refractivity contribution is 5.77. The van der Waals surface area contributed by atoms with Crippen molar-refractivity contribution in [3.63, 3.8) is 0 Å². The Morgan fingerprint density at radius 1 is 1.23 bits per heavy atom. The third kappa shape index (κ3) is 5.30. The minimum absolute atomic E-state index is 0.143. The average Bonchev–Trinajstić information content (AvgIpc) is 3.11. The molecule has 3 aromatic rings. The van der Waals surface area contributed by atoms with E-state index in [0.717, 1.165) is 0 Å². The Morgan fingerprint density at radius 3 is 2.61 bits per heavy atom. The van der Waals surface area contributed by atoms with Gasteiger partial charge in [0.25, 0.3) is 5.91 Å². The molecule has 1 heterocycles. The molecule has 3 rings (SSSR count). The molecule has 3 N–H and O–H groups in total. The summed E-state index contributed by atoms with van der Waals surface area (Å²) < 4.78 is 25.2. The van der Waals surface area contributed by atoms with E-state index in [9.17, 15) is 14.4 Å². The smallest absolute Gasteiger partial charge is 0.257 e. The Bertz CT molecular complexity index is 1090. The van der Waals surface area contributed by atoms with Crippen LogP contribution in [-0.4, -0.2) is 35.9 Å². The first-order chi connectivity index (χ1) is 15.0. The number of nitrogens with zero attached hydrogens (tertiary/aromatic N) is 3. The molecule has 1 amide bonds. The SMILES string of the molecule is COc1ccccc1OCC(=O)NCCCc1nn(-c2ccc(F)cc2)c(N)c1C#N. The molecule has 160 valence electrons. The Kier molecular flexibility index (Phi) is 7.06. The van der Waals surface area contributed by atoms with E-state index in [1.54, 1.807) is 18.2 Å². The molecule has 9 heteroatoms. The highest BCUT2D eigenvalue weighted by Gasteiger charge is 2.16. The first kappa shape index (κ1) is 21.6. The van der Waals surface area contributed by atoms with Crippen molar-refractivity contribution >= 4 is 11.7 Å². The van der Waals surface area contributed by atoms with Gasteiger partial charge in [0.1, 0.15) is 23.3 Å². The second-order valence-electron chi connectivity index (χ2n) is 6.60. The Morgan fingerprint density at radius 2 is 1.94 bits per heavy atom. The van der Waals surface area contributed by atoms with Crippen molar-refractivity contribution in [3.05, 3.63) is 65.6 Å². The molecule has 0 aliphatic rings. The van der Waals surface area contributed by atoms with Crippen LogP contribution in [0.15, 0.2) is 48.5 Å². The number of para-hydroxylation sites is 2. The van der Waals surface area contributed by atoms with E-state index in [4.69, 9.17) is 15.2 Å². The van der Waals surface area contributed by atoms with Crippen LogP contribution >= 0.6 is 0 Å². The first-order valence-corrected chi connectivity index (χ1v) is 9.59. The fraction of sp³-hybridized carbons (Fsp3) is 0.227. The zero-order valence-electron chi connectivity index (χ0n) is 17.0. The van der Waals surface area contributed by atoms with Crippen LogP contribution in [0.4, 0.5) is 10.2 Å². The second-order valence-corrected chi connectivity index (χ2v) is 6.60. The number of halogens is 1. The van der Waals surface area contributed by atoms with E-state index in [1.807, 2.05) is 6.07 Å². The number of amides is 1. The Balaban J connectivity index is 1.52. The predicted octanol–water partition coefficient (Wildman–Crippen LogP) is 2.60. The first-order valence-electron chi connectivity index (χ1n) is 9.59. The van der Waals surface area contributed by atoms with Crippen molar-refractivity contribution in [1.29, 1.82) is 5.26 Å². The van der Waals surface area contributed by atoms with Crippen molar-refractivity contribution in [2.24, 2.45) is 0 Å². The third-order valence-corrected chi connectivity index (χ3v) is 4.52. The van der Waals surface area contributed by atoms with E-state index in [1.165, 1.54) is 36.1 Å². The molecule has 1 aromatic heterocycles. The summed E-state index contributed by atoms with van der Waals surface area (Å²) in [7, 11) is 1.53. The molecule has 0 saturated heterocycles. The molecule has 8 nitrogen and oxygen atoms in total. The molecule has 0 saturated carbocycles. The van der Waals surface area contributed by atoms with Crippen LogP contribution in [0.2, 0.25) is 0 Å². The molecule has 0 unspecified atom stereocenters. The van der Waals surface area contributed by atoms with Crippen LogP contribution in [0.3, 0.4) is 0 Å². The van der Waals surface area contributed by atoms with Crippen molar-refractivity contribution in [1.82, 2.24) is 15.1 Å². The summed E-state index contributed by atoms with van der Waals surface area (Å²) >= 11 is 0. The van der Waals surface area contributed by atoms with Crippen molar-refractivity contribution < 1.29 is 18.7 Å². The van der Waals surface area contributed by atoms with Gasteiger partial charge >= 0.3 is 0 Å². The number of benzene rings is 2. The van der Waals surface area contributed by atoms with E-state index in [2.05, 4.69) is 16.5 Å². The van der Waals surface area contributed by atoms with Gasteiger partial charge in [0.2, 0.25) is 0 Å². The maximum Gasteiger partial charge on any atom is 0.257 e. The summed E-state index contributed by atoms with van der Waals surface area (Å²) in [5.41, 5.74) is 7.39. The zero-order valence-corrected chi connectivity index (χ0v) is 17.0. The van der Waals surface area contributed by atoms with Gasteiger partial charge in [-0.05, 0) is 49.2 Å². The molecule has 0 bridgehead atoms. The van der Waals surface area contributed by atoms with Gasteiger partial charge in [-0.3, -0.25) is 4.79 Å². The van der Waals surface area contributed by atoms with E-state index in [-0.39, 0.29) is 29.7 Å². The molecule has 0 aliphatic heterocycles. The maximum atomic E-state index is 13.2. The summed E-state index contributed by atoms with van der Waals surface area (Å²) in [5.74, 6) is 0.580. The standard InChI is InChI=1S/C22H22FN5O3/c1-30-19-6-2-3-7-20(19)31-14-21(29)26-12-4-5-18-17(13-24)22(25)28(27-18)16-10-8-15(23)9-11-16/h2-3,6-11H,4-5,12,14,25H2,1H3,(H,26,29). The van der Waals surface area contributed by atoms with Gasteiger partial charge in [-0.15, -0.1) is 0 Å². The number of aromatic nitrogens is 2. The summed E-state index contributed by atoms with van der Waals surface area (Å²) in [6, 6.07) is 14.8. The van der Waals surface area contributed by atoms with Crippen molar-refractivity contribution in [2.75, 3.05) is 26.0 Å². The summed E-state index contributed by atoms with van der Waals surface area (Å²) in [6.07, 6.45) is 0.990. The van der Waals surface area contributed by atoms with Gasteiger partial charge in [-0.2, -0.15) is 10.4 Å². The minimum Gasteiger partial charge on any atom is -0.493 e. The Hall–Kier alpha value is -4.06. The van der Waals surface area contributed by atoms with Gasteiger partial charge in [0.05, 0.1) is 18.5 Å². The summed E-state index contributed by atoms with van der Waals surface area (Å²) in [5, 5.41) is 16.6. The normalized spacial score (nSPS) is 10.4. The average molecular weight is 423 g/mol. The number of nitrogen functional groups attached to an aromatic ring is 1. The largest absolute Gasteiger partial charge is 0.493 e. The van der Waals surface area contributed by atoms with Gasteiger partial charge in [-0.1, -0.05) is 12.1 Å². The van der Waals surface area contributed by atoms with E-state index < -0.39 is 0 Å². The number of hydrogen-bond acceptors (Lipinski definition) is 6. The number of hydrogen-bond donors (Lipinski definition) is 2. The monoisotopic (exact) mass is 423 g/mol. The number of carbonyl (C=O) groups is 1. The molecule has 31 heavy (non-hydrogen) atoms. The number of methoxy groups -OCH3 is 1. The number of aryl methyl sites for hydroxylation is 1. The summed E-state index contributed by atoms with van der Waals surface area (Å²) in [4.78, 5) is 12.0. The number of carbonyl (C=O) groups excluding carboxylic acids is 1. The number of nitrogens with two attached hydrogens (primary N) is 1. The third-order valence-electron chi connectivity index (χ3n) is 4.52. The van der Waals surface area contributed by atoms with Crippen LogP contribution in [0.25, 0.3) is 5.69 Å². The number of rotatable bonds is 9. The molecule has 0 aliphatic carbocycles. The molecule has 0 radical (unpaired) electrons. The highest BCUT2D eigenvalue weighted by Crippen LogP contribution is 2.25. The van der Waals surface area contributed by atoms with Crippen LogP contribution < -0.4 is 20.5 Å². The molecule has 0 atom stereocenters. The van der Waals surface area contributed by atoms with Gasteiger partial charge in [0.15, 0.2) is 18.1 Å². The number of nitrogens with one attached hydrogen (secondary N) is 1. The predicted molar refractivity (Wildman–Crippen MR) is 112 cm³/mol. The lowest BCUT2D eigenvalue weighted by Gasteiger charge is -2.10. The topological polar surface area (TPSA) is 115 Å².